The van der Waals surface area contributed by atoms with E-state index < -0.39 is 46.5 Å². The van der Waals surface area contributed by atoms with Crippen LogP contribution in [-0.4, -0.2) is 23.4 Å². The zero-order valence-electron chi connectivity index (χ0n) is 14.4. The average Bonchev–Trinajstić information content (AvgIpc) is 2.64. The highest BCUT2D eigenvalue weighted by Crippen LogP contribution is 2.34. The Morgan fingerprint density at radius 1 is 1.11 bits per heavy atom. The highest BCUT2D eigenvalue weighted by molar-refractivity contribution is 5.94. The summed E-state index contributed by atoms with van der Waals surface area (Å²) >= 11 is 0. The number of alkyl halides is 3. The van der Waals surface area contributed by atoms with Crippen molar-refractivity contribution in [3.8, 4) is 0 Å². The van der Waals surface area contributed by atoms with Crippen LogP contribution in [-0.2, 0) is 26.9 Å². The number of anilines is 1. The van der Waals surface area contributed by atoms with Crippen LogP contribution in [0.15, 0.2) is 48.5 Å². The lowest BCUT2D eigenvalue weighted by Gasteiger charge is -2.10. The summed E-state index contributed by atoms with van der Waals surface area (Å²) in [5.74, 6) is -1.56. The predicted octanol–water partition coefficient (Wildman–Crippen LogP) is 3.73. The Morgan fingerprint density at radius 2 is 1.79 bits per heavy atom. The Morgan fingerprint density at radius 3 is 2.39 bits per heavy atom. The van der Waals surface area contributed by atoms with Gasteiger partial charge in [0.1, 0.15) is 5.69 Å². The van der Waals surface area contributed by atoms with Gasteiger partial charge in [0.05, 0.1) is 10.5 Å². The molecule has 0 unspecified atom stereocenters. The molecular formula is C18H15F3N2O5. The summed E-state index contributed by atoms with van der Waals surface area (Å²) in [6.07, 6.45) is -4.33. The molecule has 0 bridgehead atoms. The van der Waals surface area contributed by atoms with Crippen LogP contribution in [0.5, 0.6) is 0 Å². The molecule has 0 spiro atoms. The fourth-order valence-electron chi connectivity index (χ4n) is 2.26. The number of rotatable bonds is 7. The fraction of sp³-hybridized carbons (Fsp3) is 0.222. The molecule has 2 rings (SSSR count). The van der Waals surface area contributed by atoms with Crippen LogP contribution < -0.4 is 5.32 Å². The SMILES string of the molecule is O=C(COC(=O)CCc1ccccc1)Nc1ccc(C(F)(F)F)cc1[N+](=O)[O-]. The van der Waals surface area contributed by atoms with Gasteiger partial charge in [0.25, 0.3) is 11.6 Å². The summed E-state index contributed by atoms with van der Waals surface area (Å²) in [5, 5.41) is 13.0. The van der Waals surface area contributed by atoms with Crippen LogP contribution in [0.3, 0.4) is 0 Å². The molecule has 0 atom stereocenters. The van der Waals surface area contributed by atoms with E-state index in [1.54, 1.807) is 0 Å². The van der Waals surface area contributed by atoms with Crippen molar-refractivity contribution in [3.63, 3.8) is 0 Å². The van der Waals surface area contributed by atoms with Gasteiger partial charge in [-0.15, -0.1) is 0 Å². The largest absolute Gasteiger partial charge is 0.456 e. The van der Waals surface area contributed by atoms with Crippen LogP contribution in [0.25, 0.3) is 0 Å². The number of benzene rings is 2. The smallest absolute Gasteiger partial charge is 0.416 e. The van der Waals surface area contributed by atoms with Crippen LogP contribution >= 0.6 is 0 Å². The first-order valence-corrected chi connectivity index (χ1v) is 8.02. The number of carbonyl (C=O) groups excluding carboxylic acids is 2. The number of carbonyl (C=O) groups is 2. The van der Waals surface area contributed by atoms with Crippen LogP contribution in [0.4, 0.5) is 24.5 Å². The molecule has 148 valence electrons. The summed E-state index contributed by atoms with van der Waals surface area (Å²) in [4.78, 5) is 33.4. The summed E-state index contributed by atoms with van der Waals surface area (Å²) in [7, 11) is 0. The van der Waals surface area contributed by atoms with Crippen molar-refractivity contribution in [2.45, 2.75) is 19.0 Å². The van der Waals surface area contributed by atoms with E-state index in [0.29, 0.717) is 18.6 Å². The first kappa shape index (κ1) is 20.9. The van der Waals surface area contributed by atoms with Gasteiger partial charge in [-0.3, -0.25) is 19.7 Å². The molecule has 1 N–H and O–H groups in total. The molecule has 0 aliphatic heterocycles. The minimum atomic E-state index is -4.76. The maximum Gasteiger partial charge on any atom is 0.416 e. The number of amides is 1. The van der Waals surface area contributed by atoms with Crippen molar-refractivity contribution in [2.75, 3.05) is 11.9 Å². The van der Waals surface area contributed by atoms with Gasteiger partial charge in [-0.1, -0.05) is 30.3 Å². The van der Waals surface area contributed by atoms with Crippen molar-refractivity contribution in [1.29, 1.82) is 0 Å². The molecule has 0 aromatic heterocycles. The average molecular weight is 396 g/mol. The number of ether oxygens (including phenoxy) is 1. The monoisotopic (exact) mass is 396 g/mol. The Balaban J connectivity index is 1.91. The predicted molar refractivity (Wildman–Crippen MR) is 92.5 cm³/mol. The third kappa shape index (κ3) is 6.08. The molecule has 1 amide bonds. The lowest BCUT2D eigenvalue weighted by Crippen LogP contribution is -2.21. The molecule has 0 aliphatic rings. The standard InChI is InChI=1S/C18H15F3N2O5/c19-18(20,21)13-7-8-14(15(10-13)23(26)27)22-16(24)11-28-17(25)9-6-12-4-2-1-3-5-12/h1-5,7-8,10H,6,9,11H2,(H,22,24). The van der Waals surface area contributed by atoms with Crippen molar-refractivity contribution >= 4 is 23.3 Å². The number of nitrogens with one attached hydrogen (secondary N) is 1. The minimum absolute atomic E-state index is 0.0255. The van der Waals surface area contributed by atoms with Crippen molar-refractivity contribution in [3.05, 3.63) is 69.8 Å². The summed E-state index contributed by atoms with van der Waals surface area (Å²) in [5.41, 5.74) is -1.66. The number of esters is 1. The summed E-state index contributed by atoms with van der Waals surface area (Å²) in [6.45, 7) is -0.716. The molecule has 0 fully saturated rings. The summed E-state index contributed by atoms with van der Waals surface area (Å²) in [6, 6.07) is 10.8. The van der Waals surface area contributed by atoms with E-state index in [0.717, 1.165) is 11.6 Å². The molecule has 7 nitrogen and oxygen atoms in total. The maximum absolute atomic E-state index is 12.7. The van der Waals surface area contributed by atoms with Crippen molar-refractivity contribution in [2.24, 2.45) is 0 Å². The number of nitrogens with zero attached hydrogens (tertiary/aromatic N) is 1. The van der Waals surface area contributed by atoms with Crippen molar-refractivity contribution < 1.29 is 32.4 Å². The molecule has 0 saturated heterocycles. The van der Waals surface area contributed by atoms with Crippen LogP contribution in [0.2, 0.25) is 0 Å². The number of nitro groups is 1. The fourth-order valence-corrected chi connectivity index (χ4v) is 2.26. The van der Waals surface area contributed by atoms with Gasteiger partial charge in [0.2, 0.25) is 0 Å². The summed E-state index contributed by atoms with van der Waals surface area (Å²) < 4.78 is 42.8. The Hall–Kier alpha value is -3.43. The molecule has 0 heterocycles. The van der Waals surface area contributed by atoms with Gasteiger partial charge in [-0.25, -0.2) is 0 Å². The number of halogens is 3. The zero-order valence-corrected chi connectivity index (χ0v) is 14.4. The lowest BCUT2D eigenvalue weighted by atomic mass is 10.1. The molecule has 28 heavy (non-hydrogen) atoms. The molecule has 0 saturated carbocycles. The lowest BCUT2D eigenvalue weighted by molar-refractivity contribution is -0.384. The topological polar surface area (TPSA) is 98.5 Å². The molecule has 2 aromatic carbocycles. The number of aryl methyl sites for hydroxylation is 1. The van der Waals surface area contributed by atoms with E-state index >= 15 is 0 Å². The van der Waals surface area contributed by atoms with E-state index in [4.69, 9.17) is 4.74 Å². The highest BCUT2D eigenvalue weighted by atomic mass is 19.4. The Bertz CT molecular complexity index is 869. The normalized spacial score (nSPS) is 11.0. The molecule has 10 heteroatoms. The Kier molecular flexibility index (Phi) is 6.69. The van der Waals surface area contributed by atoms with Gasteiger partial charge in [-0.05, 0) is 24.1 Å². The first-order valence-electron chi connectivity index (χ1n) is 8.02. The molecular weight excluding hydrogens is 381 g/mol. The number of hydrogen-bond donors (Lipinski definition) is 1. The van der Waals surface area contributed by atoms with Gasteiger partial charge < -0.3 is 10.1 Å². The van der Waals surface area contributed by atoms with Gasteiger partial charge in [-0.2, -0.15) is 13.2 Å². The van der Waals surface area contributed by atoms with Gasteiger partial charge >= 0.3 is 12.1 Å². The third-order valence-electron chi connectivity index (χ3n) is 3.62. The third-order valence-corrected chi connectivity index (χ3v) is 3.62. The Labute approximate surface area is 157 Å². The molecule has 0 aliphatic carbocycles. The van der Waals surface area contributed by atoms with Crippen molar-refractivity contribution in [1.82, 2.24) is 0 Å². The first-order chi connectivity index (χ1) is 13.2. The van der Waals surface area contributed by atoms with Gasteiger partial charge in [0, 0.05) is 12.5 Å². The second-order valence-electron chi connectivity index (χ2n) is 5.68. The zero-order chi connectivity index (χ0) is 20.7. The second-order valence-corrected chi connectivity index (χ2v) is 5.68. The number of hydrogen-bond acceptors (Lipinski definition) is 5. The number of nitro benzene ring substituents is 1. The van der Waals surface area contributed by atoms with E-state index in [2.05, 4.69) is 5.32 Å². The second kappa shape index (κ2) is 8.98. The van der Waals surface area contributed by atoms with Crippen LogP contribution in [0, 0.1) is 10.1 Å². The van der Waals surface area contributed by atoms with Gasteiger partial charge in [0.15, 0.2) is 6.61 Å². The van der Waals surface area contributed by atoms with E-state index in [1.165, 1.54) is 0 Å². The maximum atomic E-state index is 12.7. The highest BCUT2D eigenvalue weighted by Gasteiger charge is 2.33. The molecule has 0 radical (unpaired) electrons. The van der Waals surface area contributed by atoms with Crippen LogP contribution in [0.1, 0.15) is 17.5 Å². The van der Waals surface area contributed by atoms with E-state index in [-0.39, 0.29) is 6.42 Å². The quantitative estimate of drug-likeness (QED) is 0.437. The minimum Gasteiger partial charge on any atom is -0.456 e. The van der Waals surface area contributed by atoms with E-state index in [9.17, 15) is 32.9 Å². The van der Waals surface area contributed by atoms with E-state index in [1.807, 2.05) is 30.3 Å². The molecule has 2 aromatic rings.